The van der Waals surface area contributed by atoms with E-state index in [1.807, 2.05) is 14.0 Å². The van der Waals surface area contributed by atoms with Crippen molar-refractivity contribution in [3.8, 4) is 5.75 Å². The van der Waals surface area contributed by atoms with Gasteiger partial charge in [-0.25, -0.2) is 0 Å². The van der Waals surface area contributed by atoms with Crippen molar-refractivity contribution in [3.63, 3.8) is 0 Å². The molecule has 0 radical (unpaired) electrons. The molecule has 1 aromatic carbocycles. The second kappa shape index (κ2) is 4.75. The number of aryl methyl sites for hydroxylation is 2. The van der Waals surface area contributed by atoms with Crippen LogP contribution in [0.1, 0.15) is 24.5 Å². The summed E-state index contributed by atoms with van der Waals surface area (Å²) < 4.78 is 7.82. The summed E-state index contributed by atoms with van der Waals surface area (Å²) >= 11 is 0. The van der Waals surface area contributed by atoms with E-state index in [4.69, 9.17) is 4.74 Å². The topological polar surface area (TPSA) is 34.5 Å². The fourth-order valence-electron chi connectivity index (χ4n) is 3.65. The van der Waals surface area contributed by atoms with Crippen LogP contribution in [0, 0.1) is 6.92 Å². The number of hydrogen-bond acceptors (Lipinski definition) is 3. The minimum Gasteiger partial charge on any atom is -0.489 e. The maximum Gasteiger partial charge on any atom is 0.251 e. The van der Waals surface area contributed by atoms with Crippen molar-refractivity contribution in [2.75, 3.05) is 18.1 Å². The van der Waals surface area contributed by atoms with E-state index in [0.717, 1.165) is 46.6 Å². The Kier molecular flexibility index (Phi) is 2.92. The van der Waals surface area contributed by atoms with Crippen LogP contribution in [0.5, 0.6) is 5.75 Å². The van der Waals surface area contributed by atoms with E-state index in [9.17, 15) is 4.79 Å². The van der Waals surface area contributed by atoms with Crippen LogP contribution in [0.15, 0.2) is 35.3 Å². The molecule has 0 fully saturated rings. The van der Waals surface area contributed by atoms with Crippen molar-refractivity contribution < 1.29 is 4.74 Å². The van der Waals surface area contributed by atoms with Crippen LogP contribution in [-0.4, -0.2) is 17.7 Å². The molecular formula is C19H20N2O2. The molecule has 0 aliphatic carbocycles. The third-order valence-corrected chi connectivity index (χ3v) is 4.86. The van der Waals surface area contributed by atoms with Gasteiger partial charge in [-0.3, -0.25) is 4.79 Å². The molecule has 118 valence electrons. The summed E-state index contributed by atoms with van der Waals surface area (Å²) in [4.78, 5) is 14.5. The van der Waals surface area contributed by atoms with E-state index in [1.54, 1.807) is 10.6 Å². The van der Waals surface area contributed by atoms with Gasteiger partial charge in [0, 0.05) is 36.3 Å². The Bertz CT molecular complexity index is 950. The summed E-state index contributed by atoms with van der Waals surface area (Å²) in [6.07, 6.45) is 3.06. The lowest BCUT2D eigenvalue weighted by molar-refractivity contribution is 0.325. The van der Waals surface area contributed by atoms with Gasteiger partial charge in [-0.05, 0) is 43.5 Å². The van der Waals surface area contributed by atoms with Crippen LogP contribution in [0.4, 0.5) is 5.69 Å². The second-order valence-electron chi connectivity index (χ2n) is 6.39. The molecule has 23 heavy (non-hydrogen) atoms. The molecule has 0 saturated heterocycles. The Morgan fingerprint density at radius 2 is 2.04 bits per heavy atom. The highest BCUT2D eigenvalue weighted by atomic mass is 16.5. The SMILES string of the molecule is C=C1C=C(C)c2cc3c(C)cc(=O)n(C)c3c3c2N1CCCO3. The maximum atomic E-state index is 12.3. The molecule has 2 aliphatic rings. The number of pyridine rings is 1. The standard InChI is InChI=1S/C19H20N2O2/c1-11-8-13(3)21-6-5-7-23-19-17-14(10-15(11)18(19)21)12(2)9-16(22)20(17)4/h8-10H,3,5-7H2,1-2,4H3. The van der Waals surface area contributed by atoms with Crippen molar-refractivity contribution in [2.24, 2.45) is 7.05 Å². The minimum absolute atomic E-state index is 0.00695. The van der Waals surface area contributed by atoms with E-state index in [2.05, 4.69) is 30.5 Å². The molecule has 2 aromatic rings. The van der Waals surface area contributed by atoms with Crippen LogP contribution >= 0.6 is 0 Å². The lowest BCUT2D eigenvalue weighted by atomic mass is 9.94. The van der Waals surface area contributed by atoms with Gasteiger partial charge in [-0.1, -0.05) is 6.58 Å². The molecule has 2 aliphatic heterocycles. The number of nitrogens with zero attached hydrogens (tertiary/aromatic N) is 2. The van der Waals surface area contributed by atoms with E-state index >= 15 is 0 Å². The summed E-state index contributed by atoms with van der Waals surface area (Å²) in [6.45, 7) is 9.82. The van der Waals surface area contributed by atoms with Gasteiger partial charge in [0.2, 0.25) is 0 Å². The smallest absolute Gasteiger partial charge is 0.251 e. The van der Waals surface area contributed by atoms with Crippen molar-refractivity contribution in [3.05, 3.63) is 52.0 Å². The molecule has 0 atom stereocenters. The number of aromatic nitrogens is 1. The fourth-order valence-corrected chi connectivity index (χ4v) is 3.65. The molecule has 4 rings (SSSR count). The molecule has 0 N–H and O–H groups in total. The normalized spacial score (nSPS) is 16.7. The second-order valence-corrected chi connectivity index (χ2v) is 6.39. The predicted molar refractivity (Wildman–Crippen MR) is 94.2 cm³/mol. The third-order valence-electron chi connectivity index (χ3n) is 4.86. The van der Waals surface area contributed by atoms with Crippen LogP contribution in [0.25, 0.3) is 16.5 Å². The summed E-state index contributed by atoms with van der Waals surface area (Å²) in [5.74, 6) is 0.812. The first-order valence-electron chi connectivity index (χ1n) is 7.94. The first kappa shape index (κ1) is 14.1. The zero-order chi connectivity index (χ0) is 16.3. The maximum absolute atomic E-state index is 12.3. The molecule has 3 heterocycles. The van der Waals surface area contributed by atoms with Gasteiger partial charge in [0.1, 0.15) is 0 Å². The summed E-state index contributed by atoms with van der Waals surface area (Å²) in [6, 6.07) is 3.87. The van der Waals surface area contributed by atoms with Crippen LogP contribution < -0.4 is 15.2 Å². The number of allylic oxidation sites excluding steroid dienone is 2. The summed E-state index contributed by atoms with van der Waals surface area (Å²) in [5.41, 5.74) is 6.25. The summed E-state index contributed by atoms with van der Waals surface area (Å²) in [7, 11) is 1.81. The quantitative estimate of drug-likeness (QED) is 0.748. The zero-order valence-electron chi connectivity index (χ0n) is 13.8. The molecule has 0 spiro atoms. The highest BCUT2D eigenvalue weighted by molar-refractivity contribution is 6.01. The van der Waals surface area contributed by atoms with Gasteiger partial charge < -0.3 is 14.2 Å². The number of rotatable bonds is 0. The largest absolute Gasteiger partial charge is 0.489 e. The summed E-state index contributed by atoms with van der Waals surface area (Å²) in [5, 5.41) is 1.07. The number of hydrogen-bond donors (Lipinski definition) is 0. The number of benzene rings is 1. The average Bonchev–Trinajstić information content (AvgIpc) is 2.73. The molecule has 0 amide bonds. The molecule has 4 nitrogen and oxygen atoms in total. The Morgan fingerprint density at radius 1 is 1.26 bits per heavy atom. The molecule has 0 bridgehead atoms. The molecule has 1 aromatic heterocycles. The van der Waals surface area contributed by atoms with Crippen molar-refractivity contribution in [1.29, 1.82) is 0 Å². The highest BCUT2D eigenvalue weighted by Crippen LogP contribution is 2.47. The highest BCUT2D eigenvalue weighted by Gasteiger charge is 2.29. The van der Waals surface area contributed by atoms with Crippen molar-refractivity contribution in [2.45, 2.75) is 20.3 Å². The monoisotopic (exact) mass is 308 g/mol. The first-order chi connectivity index (χ1) is 11.0. The van der Waals surface area contributed by atoms with Crippen LogP contribution in [-0.2, 0) is 7.05 Å². The van der Waals surface area contributed by atoms with E-state index in [1.165, 1.54) is 11.1 Å². The van der Waals surface area contributed by atoms with E-state index in [-0.39, 0.29) is 5.56 Å². The Balaban J connectivity index is 2.23. The van der Waals surface area contributed by atoms with Gasteiger partial charge in [-0.2, -0.15) is 0 Å². The Hall–Kier alpha value is -2.49. The van der Waals surface area contributed by atoms with Crippen molar-refractivity contribution >= 4 is 22.2 Å². The van der Waals surface area contributed by atoms with E-state index < -0.39 is 0 Å². The zero-order valence-corrected chi connectivity index (χ0v) is 13.8. The lowest BCUT2D eigenvalue weighted by Crippen LogP contribution is -2.25. The van der Waals surface area contributed by atoms with Crippen molar-refractivity contribution in [1.82, 2.24) is 4.57 Å². The van der Waals surface area contributed by atoms with Gasteiger partial charge in [0.05, 0.1) is 17.8 Å². The number of fused-ring (bicyclic) bond motifs is 2. The molecule has 0 saturated carbocycles. The Labute approximate surface area is 135 Å². The third kappa shape index (κ3) is 1.87. The van der Waals surface area contributed by atoms with Gasteiger partial charge in [-0.15, -0.1) is 0 Å². The van der Waals surface area contributed by atoms with Gasteiger partial charge in [0.15, 0.2) is 5.75 Å². The molecule has 4 heteroatoms. The fraction of sp³-hybridized carbons (Fsp3) is 0.316. The predicted octanol–water partition coefficient (Wildman–Crippen LogP) is 3.37. The minimum atomic E-state index is -0.00695. The Morgan fingerprint density at radius 3 is 2.83 bits per heavy atom. The number of anilines is 1. The van der Waals surface area contributed by atoms with Gasteiger partial charge in [0.25, 0.3) is 5.56 Å². The van der Waals surface area contributed by atoms with E-state index in [0.29, 0.717) is 6.61 Å². The van der Waals surface area contributed by atoms with Crippen LogP contribution in [0.3, 0.4) is 0 Å². The van der Waals surface area contributed by atoms with Gasteiger partial charge >= 0.3 is 0 Å². The molecule has 0 unspecified atom stereocenters. The lowest BCUT2D eigenvalue weighted by Gasteiger charge is -2.32. The molecular weight excluding hydrogens is 288 g/mol. The number of ether oxygens (including phenoxy) is 1. The average molecular weight is 308 g/mol. The van der Waals surface area contributed by atoms with Crippen LogP contribution in [0.2, 0.25) is 0 Å². The first-order valence-corrected chi connectivity index (χ1v) is 7.94.